The lowest BCUT2D eigenvalue weighted by atomic mass is 9.88. The largest absolute Gasteiger partial charge is 0.272 e. The van der Waals surface area contributed by atoms with E-state index in [0.29, 0.717) is 5.02 Å². The Bertz CT molecular complexity index is 438. The van der Waals surface area contributed by atoms with Crippen LogP contribution in [-0.4, -0.2) is 12.0 Å². The molecule has 110 valence electrons. The van der Waals surface area contributed by atoms with Crippen molar-refractivity contribution in [3.05, 3.63) is 34.9 Å². The quantitative estimate of drug-likeness (QED) is 0.832. The maximum Gasteiger partial charge on any atom is 0.251 e. The number of hydrogen-bond acceptors (Lipinski definition) is 2. The first-order valence-electron chi connectivity index (χ1n) is 7.29. The summed E-state index contributed by atoms with van der Waals surface area (Å²) < 4.78 is 0. The van der Waals surface area contributed by atoms with Crippen molar-refractivity contribution >= 4 is 17.5 Å². The zero-order valence-corrected chi connectivity index (χ0v) is 12.8. The highest BCUT2D eigenvalue weighted by Crippen LogP contribution is 2.26. The van der Waals surface area contributed by atoms with Crippen molar-refractivity contribution in [2.75, 3.05) is 0 Å². The van der Waals surface area contributed by atoms with Crippen molar-refractivity contribution in [3.8, 4) is 0 Å². The predicted molar refractivity (Wildman–Crippen MR) is 80.5 cm³/mol. The van der Waals surface area contributed by atoms with Gasteiger partial charge in [-0.25, -0.2) is 5.48 Å². The van der Waals surface area contributed by atoms with Crippen LogP contribution in [0, 0.1) is 5.92 Å². The van der Waals surface area contributed by atoms with Crippen molar-refractivity contribution in [3.63, 3.8) is 0 Å². The van der Waals surface area contributed by atoms with Gasteiger partial charge < -0.3 is 0 Å². The Kier molecular flexibility index (Phi) is 5.44. The standard InChI is InChI=1S/C16H22ClNO2/c1-11(2)15(12-7-9-13(17)10-8-12)16(19)18-20-14-5-3-4-6-14/h7-11,14-15H,3-6H2,1-2H3,(H,18,19). The van der Waals surface area contributed by atoms with E-state index in [1.807, 2.05) is 38.1 Å². The molecule has 3 nitrogen and oxygen atoms in total. The Morgan fingerprint density at radius 2 is 1.85 bits per heavy atom. The van der Waals surface area contributed by atoms with Gasteiger partial charge in [-0.2, -0.15) is 0 Å². The van der Waals surface area contributed by atoms with Crippen LogP contribution in [0.3, 0.4) is 0 Å². The molecule has 1 aromatic rings. The molecule has 1 fully saturated rings. The van der Waals surface area contributed by atoms with Gasteiger partial charge in [0.2, 0.25) is 0 Å². The minimum Gasteiger partial charge on any atom is -0.272 e. The van der Waals surface area contributed by atoms with E-state index in [0.717, 1.165) is 18.4 Å². The number of amides is 1. The number of benzene rings is 1. The van der Waals surface area contributed by atoms with Gasteiger partial charge in [-0.3, -0.25) is 9.63 Å². The normalized spacial score (nSPS) is 17.4. The summed E-state index contributed by atoms with van der Waals surface area (Å²) in [6.45, 7) is 4.07. The van der Waals surface area contributed by atoms with Crippen LogP contribution in [0.2, 0.25) is 5.02 Å². The second-order valence-electron chi connectivity index (χ2n) is 5.76. The molecule has 1 amide bonds. The van der Waals surface area contributed by atoms with Crippen LogP contribution in [0.4, 0.5) is 0 Å². The lowest BCUT2D eigenvalue weighted by molar-refractivity contribution is -0.140. The fourth-order valence-corrected chi connectivity index (χ4v) is 2.85. The lowest BCUT2D eigenvalue weighted by Crippen LogP contribution is -2.34. The molecular formula is C16H22ClNO2. The van der Waals surface area contributed by atoms with Gasteiger partial charge in [-0.15, -0.1) is 0 Å². The van der Waals surface area contributed by atoms with Crippen LogP contribution in [0.1, 0.15) is 51.0 Å². The molecule has 0 saturated heterocycles. The molecule has 1 aromatic carbocycles. The van der Waals surface area contributed by atoms with Crippen molar-refractivity contribution in [1.82, 2.24) is 5.48 Å². The maximum atomic E-state index is 12.4. The van der Waals surface area contributed by atoms with Gasteiger partial charge in [0.05, 0.1) is 12.0 Å². The van der Waals surface area contributed by atoms with E-state index in [9.17, 15) is 4.79 Å². The average Bonchev–Trinajstić information content (AvgIpc) is 2.92. The molecule has 0 bridgehead atoms. The zero-order chi connectivity index (χ0) is 14.5. The molecule has 20 heavy (non-hydrogen) atoms. The summed E-state index contributed by atoms with van der Waals surface area (Å²) in [4.78, 5) is 17.9. The van der Waals surface area contributed by atoms with Gasteiger partial charge in [-0.1, -0.05) is 50.4 Å². The number of hydrogen-bond donors (Lipinski definition) is 1. The summed E-state index contributed by atoms with van der Waals surface area (Å²) in [5, 5.41) is 0.680. The zero-order valence-electron chi connectivity index (χ0n) is 12.1. The summed E-state index contributed by atoms with van der Waals surface area (Å²) in [5.41, 5.74) is 3.62. The molecule has 0 aromatic heterocycles. The Labute approximate surface area is 125 Å². The highest BCUT2D eigenvalue weighted by atomic mass is 35.5. The van der Waals surface area contributed by atoms with Gasteiger partial charge in [0.15, 0.2) is 0 Å². The summed E-state index contributed by atoms with van der Waals surface area (Å²) >= 11 is 5.90. The maximum absolute atomic E-state index is 12.4. The van der Waals surface area contributed by atoms with Crippen molar-refractivity contribution in [1.29, 1.82) is 0 Å². The molecule has 1 aliphatic rings. The van der Waals surface area contributed by atoms with Gasteiger partial charge in [-0.05, 0) is 36.5 Å². The number of hydroxylamine groups is 1. The third kappa shape index (κ3) is 3.97. The van der Waals surface area contributed by atoms with E-state index in [1.165, 1.54) is 12.8 Å². The van der Waals surface area contributed by atoms with E-state index < -0.39 is 0 Å². The van der Waals surface area contributed by atoms with E-state index in [-0.39, 0.29) is 23.8 Å². The first-order valence-corrected chi connectivity index (χ1v) is 7.66. The minimum atomic E-state index is -0.214. The monoisotopic (exact) mass is 295 g/mol. The summed E-state index contributed by atoms with van der Waals surface area (Å²) in [5.74, 6) is -0.0914. The molecule has 1 aliphatic carbocycles. The first-order chi connectivity index (χ1) is 9.58. The van der Waals surface area contributed by atoms with Gasteiger partial charge in [0, 0.05) is 5.02 Å². The Hall–Kier alpha value is -1.06. The first kappa shape index (κ1) is 15.3. The summed E-state index contributed by atoms with van der Waals surface area (Å²) in [6.07, 6.45) is 4.62. The molecule has 2 rings (SSSR count). The number of nitrogens with one attached hydrogen (secondary N) is 1. The van der Waals surface area contributed by atoms with Crippen LogP contribution in [0.15, 0.2) is 24.3 Å². The van der Waals surface area contributed by atoms with Crippen LogP contribution >= 0.6 is 11.6 Å². The van der Waals surface area contributed by atoms with Crippen LogP contribution in [0.25, 0.3) is 0 Å². The predicted octanol–water partition coefficient (Wildman–Crippen LogP) is 4.07. The Morgan fingerprint density at radius 3 is 2.40 bits per heavy atom. The SMILES string of the molecule is CC(C)C(C(=O)NOC1CCCC1)c1ccc(Cl)cc1. The van der Waals surface area contributed by atoms with Crippen LogP contribution in [-0.2, 0) is 9.63 Å². The third-order valence-corrected chi connectivity index (χ3v) is 4.06. The number of halogens is 1. The molecule has 1 atom stereocenters. The van der Waals surface area contributed by atoms with E-state index in [4.69, 9.17) is 16.4 Å². The van der Waals surface area contributed by atoms with Crippen molar-refractivity contribution in [2.45, 2.75) is 51.6 Å². The Morgan fingerprint density at radius 1 is 1.25 bits per heavy atom. The van der Waals surface area contributed by atoms with Gasteiger partial charge in [0.1, 0.15) is 0 Å². The summed E-state index contributed by atoms with van der Waals surface area (Å²) in [7, 11) is 0. The number of carbonyl (C=O) groups excluding carboxylic acids is 1. The van der Waals surface area contributed by atoms with E-state index >= 15 is 0 Å². The smallest absolute Gasteiger partial charge is 0.251 e. The highest BCUT2D eigenvalue weighted by Gasteiger charge is 2.26. The highest BCUT2D eigenvalue weighted by molar-refractivity contribution is 6.30. The molecule has 1 saturated carbocycles. The molecule has 0 radical (unpaired) electrons. The molecule has 4 heteroatoms. The number of rotatable bonds is 5. The van der Waals surface area contributed by atoms with Crippen molar-refractivity contribution < 1.29 is 9.63 Å². The Balaban J connectivity index is 2.00. The molecular weight excluding hydrogens is 274 g/mol. The molecule has 0 heterocycles. The number of carbonyl (C=O) groups is 1. The second-order valence-corrected chi connectivity index (χ2v) is 6.20. The van der Waals surface area contributed by atoms with Gasteiger partial charge >= 0.3 is 0 Å². The lowest BCUT2D eigenvalue weighted by Gasteiger charge is -2.21. The third-order valence-electron chi connectivity index (χ3n) is 3.81. The fourth-order valence-electron chi connectivity index (χ4n) is 2.72. The van der Waals surface area contributed by atoms with E-state index in [1.54, 1.807) is 0 Å². The molecule has 1 unspecified atom stereocenters. The van der Waals surface area contributed by atoms with Gasteiger partial charge in [0.25, 0.3) is 5.91 Å². The molecule has 0 spiro atoms. The minimum absolute atomic E-state index is 0.0748. The summed E-state index contributed by atoms with van der Waals surface area (Å²) in [6, 6.07) is 7.44. The average molecular weight is 296 g/mol. The van der Waals surface area contributed by atoms with Crippen molar-refractivity contribution in [2.24, 2.45) is 5.92 Å². The molecule has 0 aliphatic heterocycles. The van der Waals surface area contributed by atoms with Crippen LogP contribution in [0.5, 0.6) is 0 Å². The second kappa shape index (κ2) is 7.09. The topological polar surface area (TPSA) is 38.3 Å². The van der Waals surface area contributed by atoms with Crippen LogP contribution < -0.4 is 5.48 Å². The molecule has 1 N–H and O–H groups in total. The van der Waals surface area contributed by atoms with E-state index in [2.05, 4.69) is 5.48 Å². The fraction of sp³-hybridized carbons (Fsp3) is 0.562.